The van der Waals surface area contributed by atoms with Crippen molar-refractivity contribution in [3.05, 3.63) is 50.7 Å². The van der Waals surface area contributed by atoms with Crippen molar-refractivity contribution in [3.63, 3.8) is 0 Å². The fourth-order valence-corrected chi connectivity index (χ4v) is 4.21. The minimum atomic E-state index is -0.185. The van der Waals surface area contributed by atoms with E-state index in [1.807, 2.05) is 38.1 Å². The number of likely N-dealkylation sites (N-methyl/N-ethyl adjacent to an activating group) is 1. The lowest BCUT2D eigenvalue weighted by molar-refractivity contribution is -0.116. The van der Waals surface area contributed by atoms with Gasteiger partial charge in [0.1, 0.15) is 0 Å². The summed E-state index contributed by atoms with van der Waals surface area (Å²) >= 11 is 1.56. The van der Waals surface area contributed by atoms with Crippen LogP contribution >= 0.6 is 11.3 Å². The monoisotopic (exact) mass is 372 g/mol. The first kappa shape index (κ1) is 20.2. The molecule has 1 heterocycles. The summed E-state index contributed by atoms with van der Waals surface area (Å²) in [4.78, 5) is 28.5. The first-order valence-corrected chi connectivity index (χ1v) is 9.92. The number of amides is 2. The van der Waals surface area contributed by atoms with Crippen molar-refractivity contribution in [2.45, 2.75) is 47.0 Å². The van der Waals surface area contributed by atoms with Crippen molar-refractivity contribution in [3.8, 4) is 0 Å². The molecular weight excluding hydrogens is 344 g/mol. The van der Waals surface area contributed by atoms with Crippen molar-refractivity contribution in [1.29, 1.82) is 0 Å². The molecule has 0 atom stereocenters. The normalized spacial score (nSPS) is 10.7. The molecule has 0 aliphatic carbocycles. The van der Waals surface area contributed by atoms with E-state index in [1.54, 1.807) is 18.4 Å². The predicted octanol–water partition coefficient (Wildman–Crippen LogP) is 4.59. The van der Waals surface area contributed by atoms with Gasteiger partial charge in [0, 0.05) is 17.6 Å². The van der Waals surface area contributed by atoms with Crippen LogP contribution in [0.15, 0.2) is 24.3 Å². The molecule has 2 amide bonds. The Bertz CT molecular complexity index is 795. The molecule has 0 bridgehead atoms. The summed E-state index contributed by atoms with van der Waals surface area (Å²) in [5.41, 5.74) is 4.21. The molecule has 0 radical (unpaired) electrons. The van der Waals surface area contributed by atoms with E-state index in [0.717, 1.165) is 36.1 Å². The molecule has 1 aromatic heterocycles. The van der Waals surface area contributed by atoms with Crippen LogP contribution in [0.4, 0.5) is 5.69 Å². The number of nitrogens with zero attached hydrogens (tertiary/aromatic N) is 1. The lowest BCUT2D eigenvalue weighted by Crippen LogP contribution is -2.34. The van der Waals surface area contributed by atoms with Crippen molar-refractivity contribution in [1.82, 2.24) is 4.90 Å². The minimum absolute atomic E-state index is 0.0364. The van der Waals surface area contributed by atoms with E-state index in [1.165, 1.54) is 15.3 Å². The van der Waals surface area contributed by atoms with Crippen LogP contribution in [0.2, 0.25) is 0 Å². The van der Waals surface area contributed by atoms with Gasteiger partial charge in [0.25, 0.3) is 5.91 Å². The molecule has 0 aliphatic heterocycles. The SMILES string of the molecule is CCCc1sc(C(=O)N(C)CC(=O)Nc2cccc(C)c2C)cc1CC. The molecule has 0 spiro atoms. The van der Waals surface area contributed by atoms with Crippen LogP contribution in [0.25, 0.3) is 0 Å². The van der Waals surface area contributed by atoms with Crippen molar-refractivity contribution in [2.75, 3.05) is 18.9 Å². The number of hydrogen-bond donors (Lipinski definition) is 1. The van der Waals surface area contributed by atoms with E-state index in [-0.39, 0.29) is 18.4 Å². The second-order valence-corrected chi connectivity index (χ2v) is 7.76. The highest BCUT2D eigenvalue weighted by Crippen LogP contribution is 2.25. The number of rotatable bonds is 7. The zero-order valence-electron chi connectivity index (χ0n) is 16.3. The molecule has 2 rings (SSSR count). The lowest BCUT2D eigenvalue weighted by atomic mass is 10.1. The fourth-order valence-electron chi connectivity index (χ4n) is 2.86. The zero-order valence-corrected chi connectivity index (χ0v) is 17.1. The quantitative estimate of drug-likeness (QED) is 0.773. The van der Waals surface area contributed by atoms with Crippen LogP contribution in [-0.2, 0) is 17.6 Å². The number of carbonyl (C=O) groups is 2. The number of anilines is 1. The maximum Gasteiger partial charge on any atom is 0.264 e. The molecule has 140 valence electrons. The van der Waals surface area contributed by atoms with Crippen LogP contribution in [0.5, 0.6) is 0 Å². The Morgan fingerprint density at radius 2 is 1.92 bits per heavy atom. The Morgan fingerprint density at radius 3 is 2.58 bits per heavy atom. The first-order valence-electron chi connectivity index (χ1n) is 9.10. The molecule has 5 heteroatoms. The minimum Gasteiger partial charge on any atom is -0.332 e. The van der Waals surface area contributed by atoms with E-state index >= 15 is 0 Å². The zero-order chi connectivity index (χ0) is 19.3. The molecule has 26 heavy (non-hydrogen) atoms. The standard InChI is InChI=1S/C21H28N2O2S/c1-6-9-18-16(7-2)12-19(26-18)21(25)23(5)13-20(24)22-17-11-8-10-14(3)15(17)4/h8,10-12H,6-7,9,13H2,1-5H3,(H,22,24). The number of benzene rings is 1. The Kier molecular flexibility index (Phi) is 6.98. The third-order valence-corrected chi connectivity index (χ3v) is 5.80. The summed E-state index contributed by atoms with van der Waals surface area (Å²) in [6.45, 7) is 8.28. The summed E-state index contributed by atoms with van der Waals surface area (Å²) in [5.74, 6) is -0.279. The summed E-state index contributed by atoms with van der Waals surface area (Å²) in [6, 6.07) is 7.79. The van der Waals surface area contributed by atoms with Gasteiger partial charge in [0.15, 0.2) is 0 Å². The van der Waals surface area contributed by atoms with Gasteiger partial charge < -0.3 is 10.2 Å². The van der Waals surface area contributed by atoms with Crippen LogP contribution in [0, 0.1) is 13.8 Å². The van der Waals surface area contributed by atoms with E-state index in [4.69, 9.17) is 0 Å². The Morgan fingerprint density at radius 1 is 1.19 bits per heavy atom. The topological polar surface area (TPSA) is 49.4 Å². The van der Waals surface area contributed by atoms with E-state index in [2.05, 4.69) is 19.2 Å². The number of carbonyl (C=O) groups excluding carboxylic acids is 2. The van der Waals surface area contributed by atoms with Gasteiger partial charge in [-0.25, -0.2) is 0 Å². The highest BCUT2D eigenvalue weighted by molar-refractivity contribution is 7.14. The van der Waals surface area contributed by atoms with Gasteiger partial charge in [0.2, 0.25) is 5.91 Å². The average molecular weight is 373 g/mol. The first-order chi connectivity index (χ1) is 12.4. The summed E-state index contributed by atoms with van der Waals surface area (Å²) in [5, 5.41) is 2.91. The van der Waals surface area contributed by atoms with Crippen molar-refractivity contribution < 1.29 is 9.59 Å². The second kappa shape index (κ2) is 8.99. The number of aryl methyl sites for hydroxylation is 3. The van der Waals surface area contributed by atoms with Crippen molar-refractivity contribution in [2.24, 2.45) is 0 Å². The largest absolute Gasteiger partial charge is 0.332 e. The molecule has 4 nitrogen and oxygen atoms in total. The molecule has 1 N–H and O–H groups in total. The molecule has 0 unspecified atom stereocenters. The fraction of sp³-hybridized carbons (Fsp3) is 0.429. The maximum absolute atomic E-state index is 12.7. The van der Waals surface area contributed by atoms with E-state index in [9.17, 15) is 9.59 Å². The van der Waals surface area contributed by atoms with Crippen LogP contribution in [0.3, 0.4) is 0 Å². The summed E-state index contributed by atoms with van der Waals surface area (Å²) in [7, 11) is 1.68. The molecule has 1 aromatic carbocycles. The second-order valence-electron chi connectivity index (χ2n) is 6.62. The molecular formula is C21H28N2O2S. The highest BCUT2D eigenvalue weighted by Gasteiger charge is 2.19. The van der Waals surface area contributed by atoms with Crippen LogP contribution < -0.4 is 5.32 Å². The highest BCUT2D eigenvalue weighted by atomic mass is 32.1. The van der Waals surface area contributed by atoms with Gasteiger partial charge in [0.05, 0.1) is 11.4 Å². The molecule has 2 aromatic rings. The van der Waals surface area contributed by atoms with Crippen LogP contribution in [0.1, 0.15) is 51.5 Å². The number of thiophene rings is 1. The van der Waals surface area contributed by atoms with Gasteiger partial charge in [-0.15, -0.1) is 11.3 Å². The smallest absolute Gasteiger partial charge is 0.264 e. The maximum atomic E-state index is 12.7. The Labute approximate surface area is 160 Å². The summed E-state index contributed by atoms with van der Waals surface area (Å²) < 4.78 is 0. The molecule has 0 saturated heterocycles. The van der Waals surface area contributed by atoms with E-state index < -0.39 is 0 Å². The summed E-state index contributed by atoms with van der Waals surface area (Å²) in [6.07, 6.45) is 2.99. The third-order valence-electron chi connectivity index (χ3n) is 4.57. The number of hydrogen-bond acceptors (Lipinski definition) is 3. The lowest BCUT2D eigenvalue weighted by Gasteiger charge is -2.17. The Balaban J connectivity index is 2.04. The molecule has 0 fully saturated rings. The van der Waals surface area contributed by atoms with Gasteiger partial charge in [-0.05, 0) is 55.5 Å². The van der Waals surface area contributed by atoms with Gasteiger partial charge >= 0.3 is 0 Å². The van der Waals surface area contributed by atoms with Gasteiger partial charge in [-0.1, -0.05) is 32.4 Å². The molecule has 0 saturated carbocycles. The van der Waals surface area contributed by atoms with Gasteiger partial charge in [-0.2, -0.15) is 0 Å². The third kappa shape index (κ3) is 4.73. The van der Waals surface area contributed by atoms with Gasteiger partial charge in [-0.3, -0.25) is 9.59 Å². The molecule has 0 aliphatic rings. The van der Waals surface area contributed by atoms with Crippen LogP contribution in [-0.4, -0.2) is 30.3 Å². The number of nitrogens with one attached hydrogen (secondary N) is 1. The Hall–Kier alpha value is -2.14. The predicted molar refractivity (Wildman–Crippen MR) is 109 cm³/mol. The average Bonchev–Trinajstić information content (AvgIpc) is 3.01. The van der Waals surface area contributed by atoms with Crippen molar-refractivity contribution >= 4 is 28.8 Å². The van der Waals surface area contributed by atoms with E-state index in [0.29, 0.717) is 4.88 Å².